The molecule has 4 heteroatoms. The predicted octanol–water partition coefficient (Wildman–Crippen LogP) is 1.35. The molecule has 0 aromatic carbocycles. The fourth-order valence-corrected chi connectivity index (χ4v) is 2.06. The van der Waals surface area contributed by atoms with E-state index in [2.05, 4.69) is 23.9 Å². The van der Waals surface area contributed by atoms with Crippen molar-refractivity contribution in [1.29, 1.82) is 0 Å². The molecule has 0 aliphatic carbocycles. The lowest BCUT2D eigenvalue weighted by Crippen LogP contribution is -2.42. The molecule has 0 bridgehead atoms. The van der Waals surface area contributed by atoms with Gasteiger partial charge in [-0.15, -0.1) is 0 Å². The van der Waals surface area contributed by atoms with E-state index in [1.54, 1.807) is 0 Å². The minimum atomic E-state index is -0.382. The van der Waals surface area contributed by atoms with Crippen LogP contribution in [0, 0.1) is 0 Å². The third-order valence-corrected chi connectivity index (χ3v) is 2.88. The van der Waals surface area contributed by atoms with Gasteiger partial charge in [0.25, 0.3) is 0 Å². The highest BCUT2D eigenvalue weighted by atomic mass is 16.6. The van der Waals surface area contributed by atoms with Crippen LogP contribution in [0.4, 0.5) is 0 Å². The Kier molecular flexibility index (Phi) is 4.95. The molecule has 4 nitrogen and oxygen atoms in total. The predicted molar refractivity (Wildman–Crippen MR) is 69.0 cm³/mol. The number of rotatable bonds is 4. The van der Waals surface area contributed by atoms with Gasteiger partial charge < -0.3 is 9.64 Å². The molecule has 0 N–H and O–H groups in total. The summed E-state index contributed by atoms with van der Waals surface area (Å²) in [6, 6.07) is -0.0332. The average Bonchev–Trinajstić information content (AvgIpc) is 2.59. The van der Waals surface area contributed by atoms with Crippen LogP contribution in [0.3, 0.4) is 0 Å². The van der Waals surface area contributed by atoms with Crippen LogP contribution in [-0.2, 0) is 9.53 Å². The highest BCUT2D eigenvalue weighted by Crippen LogP contribution is 2.20. The van der Waals surface area contributed by atoms with Crippen molar-refractivity contribution >= 4 is 5.97 Å². The number of carbonyl (C=O) groups is 1. The molecule has 0 unspecified atom stereocenters. The Bertz CT molecular complexity index is 259. The molecule has 100 valence electrons. The third-order valence-electron chi connectivity index (χ3n) is 2.88. The molecule has 17 heavy (non-hydrogen) atoms. The van der Waals surface area contributed by atoms with Gasteiger partial charge in [-0.25, -0.2) is 0 Å². The lowest BCUT2D eigenvalue weighted by atomic mass is 10.1. The number of nitrogens with zero attached hydrogens (tertiary/aromatic N) is 2. The zero-order chi connectivity index (χ0) is 13.1. The van der Waals surface area contributed by atoms with Gasteiger partial charge in [0.05, 0.1) is 0 Å². The monoisotopic (exact) mass is 242 g/mol. The maximum absolute atomic E-state index is 12.0. The number of hydrogen-bond donors (Lipinski definition) is 0. The summed E-state index contributed by atoms with van der Waals surface area (Å²) in [5, 5.41) is 0. The molecule has 0 amide bonds. The summed E-state index contributed by atoms with van der Waals surface area (Å²) in [5.41, 5.74) is -0.382. The highest BCUT2D eigenvalue weighted by Gasteiger charge is 2.33. The van der Waals surface area contributed by atoms with Crippen molar-refractivity contribution in [2.75, 3.05) is 33.7 Å². The van der Waals surface area contributed by atoms with Gasteiger partial charge in [0, 0.05) is 13.1 Å². The molecule has 0 radical (unpaired) electrons. The molecule has 1 aliphatic rings. The van der Waals surface area contributed by atoms with E-state index in [0.717, 1.165) is 32.5 Å². The van der Waals surface area contributed by atoms with Crippen LogP contribution in [0.5, 0.6) is 0 Å². The average molecular weight is 242 g/mol. The van der Waals surface area contributed by atoms with Gasteiger partial charge in [-0.05, 0) is 54.3 Å². The van der Waals surface area contributed by atoms with Gasteiger partial charge in [0.2, 0.25) is 0 Å². The fraction of sp³-hybridized carbons (Fsp3) is 0.923. The van der Waals surface area contributed by atoms with Gasteiger partial charge in [-0.3, -0.25) is 9.69 Å². The van der Waals surface area contributed by atoms with E-state index < -0.39 is 0 Å². The lowest BCUT2D eigenvalue weighted by molar-refractivity contribution is -0.160. The Balaban J connectivity index is 2.48. The van der Waals surface area contributed by atoms with E-state index in [-0.39, 0.29) is 17.6 Å². The van der Waals surface area contributed by atoms with Crippen LogP contribution in [0.15, 0.2) is 0 Å². The van der Waals surface area contributed by atoms with E-state index >= 15 is 0 Å². The summed E-state index contributed by atoms with van der Waals surface area (Å²) in [5.74, 6) is -0.0613. The fourth-order valence-electron chi connectivity index (χ4n) is 2.06. The van der Waals surface area contributed by atoms with Crippen molar-refractivity contribution in [2.45, 2.75) is 45.3 Å². The SMILES string of the molecule is CN(C)CCN1CCC[C@H]1C(=O)OC(C)(C)C. The van der Waals surface area contributed by atoms with Crippen molar-refractivity contribution in [3.63, 3.8) is 0 Å². The second-order valence-electron chi connectivity index (χ2n) is 6.03. The maximum atomic E-state index is 12.0. The van der Waals surface area contributed by atoms with Gasteiger partial charge >= 0.3 is 5.97 Å². The van der Waals surface area contributed by atoms with Crippen LogP contribution in [-0.4, -0.2) is 61.1 Å². The molecule has 0 aromatic rings. The summed E-state index contributed by atoms with van der Waals surface area (Å²) < 4.78 is 5.46. The van der Waals surface area contributed by atoms with Gasteiger partial charge in [0.15, 0.2) is 0 Å². The van der Waals surface area contributed by atoms with Gasteiger partial charge in [-0.2, -0.15) is 0 Å². The Labute approximate surface area is 105 Å². The molecule has 1 atom stereocenters. The molecule has 1 heterocycles. The number of ether oxygens (including phenoxy) is 1. The molecular weight excluding hydrogens is 216 g/mol. The number of likely N-dealkylation sites (N-methyl/N-ethyl adjacent to an activating group) is 1. The van der Waals surface area contributed by atoms with E-state index in [0.29, 0.717) is 0 Å². The topological polar surface area (TPSA) is 32.8 Å². The van der Waals surface area contributed by atoms with Crippen LogP contribution in [0.1, 0.15) is 33.6 Å². The molecule has 1 rings (SSSR count). The Morgan fingerprint density at radius 2 is 2.06 bits per heavy atom. The largest absolute Gasteiger partial charge is 0.459 e. The van der Waals surface area contributed by atoms with Crippen molar-refractivity contribution in [3.8, 4) is 0 Å². The second kappa shape index (κ2) is 5.83. The summed E-state index contributed by atoms with van der Waals surface area (Å²) in [6.07, 6.45) is 2.03. The summed E-state index contributed by atoms with van der Waals surface area (Å²) in [6.45, 7) is 8.70. The smallest absolute Gasteiger partial charge is 0.323 e. The second-order valence-corrected chi connectivity index (χ2v) is 6.03. The Hall–Kier alpha value is -0.610. The van der Waals surface area contributed by atoms with Crippen LogP contribution >= 0.6 is 0 Å². The van der Waals surface area contributed by atoms with Crippen molar-refractivity contribution < 1.29 is 9.53 Å². The first-order valence-electron chi connectivity index (χ1n) is 6.41. The van der Waals surface area contributed by atoms with E-state index in [1.165, 1.54) is 0 Å². The van der Waals surface area contributed by atoms with E-state index in [4.69, 9.17) is 4.74 Å². The normalized spacial score (nSPS) is 22.1. The molecule has 1 fully saturated rings. The number of carbonyl (C=O) groups excluding carboxylic acids is 1. The maximum Gasteiger partial charge on any atom is 0.323 e. The zero-order valence-corrected chi connectivity index (χ0v) is 11.8. The first-order chi connectivity index (χ1) is 7.79. The standard InChI is InChI=1S/C13H26N2O2/c1-13(2,3)17-12(16)11-7-6-8-15(11)10-9-14(4)5/h11H,6-10H2,1-5H3/t11-/m0/s1. The van der Waals surface area contributed by atoms with E-state index in [9.17, 15) is 4.79 Å². The summed E-state index contributed by atoms with van der Waals surface area (Å²) in [4.78, 5) is 16.4. The molecular formula is C13H26N2O2. The van der Waals surface area contributed by atoms with Crippen LogP contribution in [0.2, 0.25) is 0 Å². The quantitative estimate of drug-likeness (QED) is 0.697. The minimum absolute atomic E-state index is 0.0332. The van der Waals surface area contributed by atoms with Gasteiger partial charge in [0.1, 0.15) is 11.6 Å². The number of esters is 1. The van der Waals surface area contributed by atoms with Crippen LogP contribution in [0.25, 0.3) is 0 Å². The van der Waals surface area contributed by atoms with Crippen LogP contribution < -0.4 is 0 Å². The first-order valence-corrected chi connectivity index (χ1v) is 6.41. The lowest BCUT2D eigenvalue weighted by Gasteiger charge is -2.28. The Morgan fingerprint density at radius 3 is 2.59 bits per heavy atom. The Morgan fingerprint density at radius 1 is 1.41 bits per heavy atom. The molecule has 1 aliphatic heterocycles. The van der Waals surface area contributed by atoms with Crippen molar-refractivity contribution in [1.82, 2.24) is 9.80 Å². The van der Waals surface area contributed by atoms with Crippen molar-refractivity contribution in [3.05, 3.63) is 0 Å². The van der Waals surface area contributed by atoms with E-state index in [1.807, 2.05) is 20.8 Å². The number of likely N-dealkylation sites (tertiary alicyclic amines) is 1. The van der Waals surface area contributed by atoms with Gasteiger partial charge in [-0.1, -0.05) is 0 Å². The molecule has 0 spiro atoms. The molecule has 0 aromatic heterocycles. The summed E-state index contributed by atoms with van der Waals surface area (Å²) >= 11 is 0. The molecule has 0 saturated carbocycles. The van der Waals surface area contributed by atoms with Crippen molar-refractivity contribution in [2.24, 2.45) is 0 Å². The minimum Gasteiger partial charge on any atom is -0.459 e. The molecule has 1 saturated heterocycles. The first kappa shape index (κ1) is 14.5. The number of hydrogen-bond acceptors (Lipinski definition) is 4. The zero-order valence-electron chi connectivity index (χ0n) is 11.8. The summed E-state index contributed by atoms with van der Waals surface area (Å²) in [7, 11) is 4.11. The third kappa shape index (κ3) is 5.04. The highest BCUT2D eigenvalue weighted by molar-refractivity contribution is 5.76.